The Kier molecular flexibility index (Phi) is 5.46. The van der Waals surface area contributed by atoms with Crippen LogP contribution in [0.4, 0.5) is 18.9 Å². The van der Waals surface area contributed by atoms with Gasteiger partial charge in [-0.1, -0.05) is 6.07 Å². The maximum Gasteiger partial charge on any atom is 0.416 e. The zero-order valence-corrected chi connectivity index (χ0v) is 16.0. The van der Waals surface area contributed by atoms with Crippen LogP contribution in [0.15, 0.2) is 46.0 Å². The smallest absolute Gasteiger partial charge is 0.416 e. The third kappa shape index (κ3) is 4.04. The van der Waals surface area contributed by atoms with Gasteiger partial charge in [-0.05, 0) is 49.9 Å². The van der Waals surface area contributed by atoms with Gasteiger partial charge >= 0.3 is 6.18 Å². The molecule has 1 N–H and O–H groups in total. The Balaban J connectivity index is 1.95. The summed E-state index contributed by atoms with van der Waals surface area (Å²) in [6, 6.07) is 7.05. The van der Waals surface area contributed by atoms with Gasteiger partial charge in [0.05, 0.1) is 23.1 Å². The van der Waals surface area contributed by atoms with Gasteiger partial charge in [-0.3, -0.25) is 4.79 Å². The molecule has 0 atom stereocenters. The Bertz CT molecular complexity index is 1020. The van der Waals surface area contributed by atoms with Crippen molar-refractivity contribution in [2.24, 2.45) is 0 Å². The topological polar surface area (TPSA) is 68.0 Å². The summed E-state index contributed by atoms with van der Waals surface area (Å²) >= 11 is 1.24. The van der Waals surface area contributed by atoms with Gasteiger partial charge in [0, 0.05) is 5.69 Å². The van der Waals surface area contributed by atoms with Gasteiger partial charge in [0.1, 0.15) is 5.03 Å². The maximum absolute atomic E-state index is 13.1. The first-order valence-electron chi connectivity index (χ1n) is 8.16. The molecule has 9 heteroatoms. The number of carbonyl (C=O) groups excluding carboxylic acids is 1. The molecule has 0 radical (unpaired) electrons. The number of alkyl halides is 3. The average molecular weight is 407 g/mol. The van der Waals surface area contributed by atoms with E-state index in [1.165, 1.54) is 37.1 Å². The monoisotopic (exact) mass is 407 g/mol. The first-order valence-corrected chi connectivity index (χ1v) is 9.39. The minimum absolute atomic E-state index is 0.0458. The zero-order chi connectivity index (χ0) is 20.5. The largest absolute Gasteiger partial charge is 0.461 e. The van der Waals surface area contributed by atoms with Crippen LogP contribution < -0.4 is 5.32 Å². The molecular formula is C19H16F3N3O2S. The number of hydrogen-bond donors (Lipinski definition) is 1. The molecule has 5 nitrogen and oxygen atoms in total. The lowest BCUT2D eigenvalue weighted by molar-refractivity contribution is -0.138. The molecule has 0 unspecified atom stereocenters. The van der Waals surface area contributed by atoms with E-state index in [-0.39, 0.29) is 16.8 Å². The number of amides is 1. The third-order valence-corrected chi connectivity index (χ3v) is 4.70. The number of thioether (sulfide) groups is 1. The van der Waals surface area contributed by atoms with Crippen LogP contribution in [0.5, 0.6) is 0 Å². The molecule has 0 aliphatic rings. The van der Waals surface area contributed by atoms with Crippen LogP contribution >= 0.6 is 11.8 Å². The first-order chi connectivity index (χ1) is 13.2. The van der Waals surface area contributed by atoms with E-state index >= 15 is 0 Å². The number of aryl methyl sites for hydroxylation is 2. The highest BCUT2D eigenvalue weighted by molar-refractivity contribution is 7.98. The fourth-order valence-electron chi connectivity index (χ4n) is 2.67. The fraction of sp³-hybridized carbons (Fsp3) is 0.211. The molecule has 0 spiro atoms. The van der Waals surface area contributed by atoms with Gasteiger partial charge in [-0.15, -0.1) is 11.8 Å². The van der Waals surface area contributed by atoms with E-state index < -0.39 is 17.6 Å². The number of nitrogens with zero attached hydrogens (tertiary/aromatic N) is 2. The lowest BCUT2D eigenvalue weighted by atomic mass is 10.1. The van der Waals surface area contributed by atoms with Crippen molar-refractivity contribution < 1.29 is 22.4 Å². The Labute approximate surface area is 163 Å². The highest BCUT2D eigenvalue weighted by atomic mass is 32.2. The van der Waals surface area contributed by atoms with Crippen LogP contribution in [0, 0.1) is 13.8 Å². The van der Waals surface area contributed by atoms with Crippen LogP contribution in [0.3, 0.4) is 0 Å². The normalized spacial score (nSPS) is 11.5. The van der Waals surface area contributed by atoms with Crippen LogP contribution in [-0.2, 0) is 6.18 Å². The Morgan fingerprint density at radius 1 is 1.18 bits per heavy atom. The highest BCUT2D eigenvalue weighted by Gasteiger charge is 2.32. The van der Waals surface area contributed by atoms with Gasteiger partial charge in [0.2, 0.25) is 0 Å². The van der Waals surface area contributed by atoms with Crippen molar-refractivity contribution in [3.05, 3.63) is 59.0 Å². The van der Waals surface area contributed by atoms with Crippen molar-refractivity contribution in [2.45, 2.75) is 25.0 Å². The molecule has 0 saturated heterocycles. The standard InChI is InChI=1S/C19H16F3N3O2S/c1-10-6-7-12(9-13(10)19(20,21)22)24-17(26)15-11(2)23-16(25-18(15)28-3)14-5-4-8-27-14/h4-9H,1-3H3,(H,24,26). The van der Waals surface area contributed by atoms with Gasteiger partial charge < -0.3 is 9.73 Å². The Morgan fingerprint density at radius 3 is 2.54 bits per heavy atom. The molecule has 2 aromatic heterocycles. The molecule has 1 amide bonds. The number of anilines is 1. The summed E-state index contributed by atoms with van der Waals surface area (Å²) in [4.78, 5) is 21.4. The van der Waals surface area contributed by atoms with E-state index in [1.54, 1.807) is 25.3 Å². The lowest BCUT2D eigenvalue weighted by Crippen LogP contribution is -2.17. The molecule has 0 aliphatic heterocycles. The van der Waals surface area contributed by atoms with E-state index in [4.69, 9.17) is 4.42 Å². The molecule has 0 saturated carbocycles. The SMILES string of the molecule is CSc1nc(-c2ccco2)nc(C)c1C(=O)Nc1ccc(C)c(C(F)(F)F)c1. The number of benzene rings is 1. The Hall–Kier alpha value is -2.81. The predicted octanol–water partition coefficient (Wildman–Crippen LogP) is 5.35. The number of nitrogens with one attached hydrogen (secondary N) is 1. The number of rotatable bonds is 4. The van der Waals surface area contributed by atoms with E-state index in [0.717, 1.165) is 6.07 Å². The van der Waals surface area contributed by atoms with Crippen molar-refractivity contribution >= 4 is 23.4 Å². The van der Waals surface area contributed by atoms with Crippen molar-refractivity contribution in [1.82, 2.24) is 9.97 Å². The Morgan fingerprint density at radius 2 is 1.93 bits per heavy atom. The van der Waals surface area contributed by atoms with E-state index in [1.807, 2.05) is 0 Å². The van der Waals surface area contributed by atoms with Gasteiger partial charge in [-0.2, -0.15) is 13.2 Å². The fourth-order valence-corrected chi connectivity index (χ4v) is 3.29. The second-order valence-corrected chi connectivity index (χ2v) is 6.77. The summed E-state index contributed by atoms with van der Waals surface area (Å²) < 4.78 is 44.6. The van der Waals surface area contributed by atoms with Gasteiger partial charge in [-0.25, -0.2) is 9.97 Å². The summed E-state index contributed by atoms with van der Waals surface area (Å²) in [5.41, 5.74) is -0.0676. The van der Waals surface area contributed by atoms with Gasteiger partial charge in [0.25, 0.3) is 5.91 Å². The molecule has 3 aromatic rings. The molecule has 1 aromatic carbocycles. The summed E-state index contributed by atoms with van der Waals surface area (Å²) in [6.07, 6.45) is -1.26. The maximum atomic E-state index is 13.1. The molecule has 0 bridgehead atoms. The number of hydrogen-bond acceptors (Lipinski definition) is 5. The number of halogens is 3. The molecule has 28 heavy (non-hydrogen) atoms. The summed E-state index contributed by atoms with van der Waals surface area (Å²) in [5.74, 6) is 0.210. The van der Waals surface area contributed by atoms with Crippen LogP contribution in [-0.4, -0.2) is 22.1 Å². The van der Waals surface area contributed by atoms with Crippen molar-refractivity contribution in [3.8, 4) is 11.6 Å². The van der Waals surface area contributed by atoms with Gasteiger partial charge in [0.15, 0.2) is 11.6 Å². The average Bonchev–Trinajstić information content (AvgIpc) is 3.16. The second-order valence-electron chi connectivity index (χ2n) is 5.98. The quantitative estimate of drug-likeness (QED) is 0.467. The lowest BCUT2D eigenvalue weighted by Gasteiger charge is -2.14. The number of furan rings is 1. The molecule has 3 rings (SSSR count). The number of aromatic nitrogens is 2. The van der Waals surface area contributed by atoms with E-state index in [9.17, 15) is 18.0 Å². The summed E-state index contributed by atoms with van der Waals surface area (Å²) in [7, 11) is 0. The van der Waals surface area contributed by atoms with Crippen molar-refractivity contribution in [2.75, 3.05) is 11.6 Å². The van der Waals surface area contributed by atoms with Crippen LogP contribution in [0.1, 0.15) is 27.2 Å². The minimum Gasteiger partial charge on any atom is -0.461 e. The molecule has 146 valence electrons. The van der Waals surface area contributed by atoms with E-state index in [0.29, 0.717) is 22.3 Å². The molecule has 0 aliphatic carbocycles. The van der Waals surface area contributed by atoms with Crippen molar-refractivity contribution in [1.29, 1.82) is 0 Å². The first kappa shape index (κ1) is 19.9. The number of carbonyl (C=O) groups is 1. The predicted molar refractivity (Wildman–Crippen MR) is 100 cm³/mol. The second kappa shape index (κ2) is 7.67. The molecule has 2 heterocycles. The molecular weight excluding hydrogens is 391 g/mol. The minimum atomic E-state index is -4.50. The third-order valence-electron chi connectivity index (χ3n) is 4.02. The summed E-state index contributed by atoms with van der Waals surface area (Å²) in [6.45, 7) is 3.00. The highest BCUT2D eigenvalue weighted by Crippen LogP contribution is 2.34. The zero-order valence-electron chi connectivity index (χ0n) is 15.2. The van der Waals surface area contributed by atoms with Crippen LogP contribution in [0.2, 0.25) is 0 Å². The van der Waals surface area contributed by atoms with E-state index in [2.05, 4.69) is 15.3 Å². The molecule has 0 fully saturated rings. The summed E-state index contributed by atoms with van der Waals surface area (Å²) in [5, 5.41) is 2.91. The van der Waals surface area contributed by atoms with Crippen molar-refractivity contribution in [3.63, 3.8) is 0 Å². The van der Waals surface area contributed by atoms with Crippen LogP contribution in [0.25, 0.3) is 11.6 Å².